The Morgan fingerprint density at radius 1 is 1.50 bits per heavy atom. The van der Waals surface area contributed by atoms with E-state index in [0.29, 0.717) is 5.92 Å². The summed E-state index contributed by atoms with van der Waals surface area (Å²) in [6.07, 6.45) is 2.92. The van der Waals surface area contributed by atoms with Gasteiger partial charge in [-0.05, 0) is 18.3 Å². The van der Waals surface area contributed by atoms with E-state index in [1.54, 1.807) is 13.1 Å². The Kier molecular flexibility index (Phi) is 3.28. The molecule has 0 amide bonds. The molecule has 0 aromatic carbocycles. The lowest BCUT2D eigenvalue weighted by Gasteiger charge is -2.35. The van der Waals surface area contributed by atoms with Crippen molar-refractivity contribution in [2.75, 3.05) is 18.0 Å². The van der Waals surface area contributed by atoms with Crippen LogP contribution in [0, 0.1) is 11.8 Å². The molecule has 2 atom stereocenters. The molecule has 1 aliphatic rings. The van der Waals surface area contributed by atoms with Crippen LogP contribution in [0.3, 0.4) is 0 Å². The lowest BCUT2D eigenvalue weighted by Crippen LogP contribution is -2.38. The van der Waals surface area contributed by atoms with E-state index in [2.05, 4.69) is 23.7 Å². The number of hydrogen-bond acceptors (Lipinski definition) is 4. The van der Waals surface area contributed by atoms with Gasteiger partial charge in [0.25, 0.3) is 0 Å². The van der Waals surface area contributed by atoms with E-state index in [9.17, 15) is 4.79 Å². The third kappa shape index (κ3) is 2.26. The largest absolute Gasteiger partial charge is 0.348 e. The highest BCUT2D eigenvalue weighted by Gasteiger charge is 2.24. The Morgan fingerprint density at radius 3 is 2.81 bits per heavy atom. The molecular weight excluding hydrogens is 220 g/mol. The molecule has 0 aliphatic carbocycles. The number of rotatable bonds is 2. The monoisotopic (exact) mass is 238 g/mol. The van der Waals surface area contributed by atoms with Crippen LogP contribution in [-0.4, -0.2) is 23.9 Å². The smallest absolute Gasteiger partial charge is 0.185 e. The molecule has 1 fully saturated rings. The van der Waals surface area contributed by atoms with Crippen LogP contribution in [0.2, 0.25) is 0 Å². The van der Waals surface area contributed by atoms with Gasteiger partial charge in [-0.25, -0.2) is 4.98 Å². The third-order valence-corrected chi connectivity index (χ3v) is 4.60. The molecule has 0 N–H and O–H groups in total. The van der Waals surface area contributed by atoms with E-state index >= 15 is 0 Å². The van der Waals surface area contributed by atoms with Gasteiger partial charge in [-0.15, -0.1) is 0 Å². The summed E-state index contributed by atoms with van der Waals surface area (Å²) in [7, 11) is 0. The van der Waals surface area contributed by atoms with Crippen LogP contribution in [0.15, 0.2) is 6.20 Å². The van der Waals surface area contributed by atoms with Gasteiger partial charge in [0.15, 0.2) is 10.9 Å². The molecule has 0 bridgehead atoms. The molecule has 0 radical (unpaired) electrons. The second-order valence-corrected chi connectivity index (χ2v) is 5.76. The van der Waals surface area contributed by atoms with Crippen LogP contribution in [0.5, 0.6) is 0 Å². The van der Waals surface area contributed by atoms with Crippen molar-refractivity contribution in [3.8, 4) is 0 Å². The fourth-order valence-corrected chi connectivity index (χ4v) is 2.86. The van der Waals surface area contributed by atoms with Gasteiger partial charge < -0.3 is 4.90 Å². The van der Waals surface area contributed by atoms with Gasteiger partial charge in [0.1, 0.15) is 0 Å². The number of aromatic nitrogens is 1. The van der Waals surface area contributed by atoms with Gasteiger partial charge in [-0.3, -0.25) is 4.79 Å². The second-order valence-electron chi connectivity index (χ2n) is 4.75. The zero-order valence-corrected chi connectivity index (χ0v) is 10.9. The summed E-state index contributed by atoms with van der Waals surface area (Å²) in [6, 6.07) is 0. The topological polar surface area (TPSA) is 33.2 Å². The summed E-state index contributed by atoms with van der Waals surface area (Å²) in [5, 5.41) is 1.00. The fraction of sp³-hybridized carbons (Fsp3) is 0.667. The normalized spacial score (nSPS) is 25.8. The number of piperidine rings is 1. The molecule has 2 rings (SSSR count). The van der Waals surface area contributed by atoms with Crippen LogP contribution in [0.1, 0.15) is 36.9 Å². The van der Waals surface area contributed by atoms with Crippen LogP contribution in [0.4, 0.5) is 5.13 Å². The van der Waals surface area contributed by atoms with E-state index < -0.39 is 0 Å². The summed E-state index contributed by atoms with van der Waals surface area (Å²) in [5.74, 6) is 1.61. The molecule has 16 heavy (non-hydrogen) atoms. The summed E-state index contributed by atoms with van der Waals surface area (Å²) < 4.78 is 0. The van der Waals surface area contributed by atoms with Crippen molar-refractivity contribution in [2.24, 2.45) is 11.8 Å². The average Bonchev–Trinajstić information content (AvgIpc) is 2.71. The molecule has 3 nitrogen and oxygen atoms in total. The SMILES string of the molecule is CC(=O)c1cnc(N2CCC(C)C(C)C2)s1. The average molecular weight is 238 g/mol. The minimum absolute atomic E-state index is 0.113. The predicted octanol–water partition coefficient (Wildman–Crippen LogP) is 2.83. The molecule has 1 saturated heterocycles. The number of Topliss-reactive ketones (excluding diaryl/α,β-unsaturated/α-hetero) is 1. The van der Waals surface area contributed by atoms with E-state index in [0.717, 1.165) is 29.0 Å². The summed E-state index contributed by atoms with van der Waals surface area (Å²) in [6.45, 7) is 8.32. The number of thiazole rings is 1. The van der Waals surface area contributed by atoms with E-state index in [-0.39, 0.29) is 5.78 Å². The number of ketones is 1. The van der Waals surface area contributed by atoms with Crippen molar-refractivity contribution in [3.63, 3.8) is 0 Å². The number of hydrogen-bond donors (Lipinski definition) is 0. The summed E-state index contributed by atoms with van der Waals surface area (Å²) >= 11 is 1.52. The summed E-state index contributed by atoms with van der Waals surface area (Å²) in [4.78, 5) is 18.6. The first-order valence-corrected chi connectivity index (χ1v) is 6.61. The zero-order valence-electron chi connectivity index (χ0n) is 10.1. The van der Waals surface area contributed by atoms with Gasteiger partial charge in [-0.2, -0.15) is 0 Å². The molecule has 2 heterocycles. The van der Waals surface area contributed by atoms with Crippen molar-refractivity contribution in [3.05, 3.63) is 11.1 Å². The molecule has 4 heteroatoms. The highest BCUT2D eigenvalue weighted by molar-refractivity contribution is 7.17. The fourth-order valence-electron chi connectivity index (χ4n) is 2.01. The Bertz CT molecular complexity index is 388. The first-order chi connectivity index (χ1) is 7.58. The first-order valence-electron chi connectivity index (χ1n) is 5.79. The van der Waals surface area contributed by atoms with Crippen LogP contribution < -0.4 is 4.90 Å². The quantitative estimate of drug-likeness (QED) is 0.743. The number of anilines is 1. The molecule has 1 aromatic heterocycles. The van der Waals surface area contributed by atoms with Crippen LogP contribution in [-0.2, 0) is 0 Å². The molecule has 0 spiro atoms. The molecular formula is C12H18N2OS. The van der Waals surface area contributed by atoms with E-state index in [1.165, 1.54) is 17.8 Å². The lowest BCUT2D eigenvalue weighted by atomic mass is 9.89. The highest BCUT2D eigenvalue weighted by atomic mass is 32.1. The van der Waals surface area contributed by atoms with Gasteiger partial charge in [0.05, 0.1) is 11.1 Å². The minimum atomic E-state index is 0.113. The minimum Gasteiger partial charge on any atom is -0.348 e. The Labute approximate surface area is 100 Å². The maximum Gasteiger partial charge on any atom is 0.185 e. The molecule has 0 saturated carbocycles. The molecule has 88 valence electrons. The summed E-state index contributed by atoms with van der Waals surface area (Å²) in [5.41, 5.74) is 0. The highest BCUT2D eigenvalue weighted by Crippen LogP contribution is 2.29. The Morgan fingerprint density at radius 2 is 2.25 bits per heavy atom. The van der Waals surface area contributed by atoms with Crippen molar-refractivity contribution >= 4 is 22.3 Å². The van der Waals surface area contributed by atoms with Crippen molar-refractivity contribution in [1.82, 2.24) is 4.98 Å². The van der Waals surface area contributed by atoms with E-state index in [1.807, 2.05) is 0 Å². The molecule has 1 aromatic rings. The molecule has 2 unspecified atom stereocenters. The van der Waals surface area contributed by atoms with Crippen molar-refractivity contribution < 1.29 is 4.79 Å². The number of carbonyl (C=O) groups is 1. The second kappa shape index (κ2) is 4.53. The van der Waals surface area contributed by atoms with E-state index in [4.69, 9.17) is 0 Å². The van der Waals surface area contributed by atoms with Crippen molar-refractivity contribution in [2.45, 2.75) is 27.2 Å². The third-order valence-electron chi connectivity index (χ3n) is 3.45. The van der Waals surface area contributed by atoms with Crippen molar-refractivity contribution in [1.29, 1.82) is 0 Å². The molecule has 1 aliphatic heterocycles. The van der Waals surface area contributed by atoms with Gasteiger partial charge >= 0.3 is 0 Å². The van der Waals surface area contributed by atoms with Crippen LogP contribution in [0.25, 0.3) is 0 Å². The lowest BCUT2D eigenvalue weighted by molar-refractivity contribution is 0.102. The maximum atomic E-state index is 11.2. The number of carbonyl (C=O) groups excluding carboxylic acids is 1. The first kappa shape index (κ1) is 11.6. The maximum absolute atomic E-state index is 11.2. The Hall–Kier alpha value is -0.900. The number of nitrogens with zero attached hydrogens (tertiary/aromatic N) is 2. The zero-order chi connectivity index (χ0) is 11.7. The Balaban J connectivity index is 2.09. The van der Waals surface area contributed by atoms with Gasteiger partial charge in [0, 0.05) is 20.0 Å². The van der Waals surface area contributed by atoms with Gasteiger partial charge in [0.2, 0.25) is 0 Å². The predicted molar refractivity (Wildman–Crippen MR) is 67.3 cm³/mol. The van der Waals surface area contributed by atoms with Crippen LogP contribution >= 0.6 is 11.3 Å². The van der Waals surface area contributed by atoms with Gasteiger partial charge in [-0.1, -0.05) is 25.2 Å². The standard InChI is InChI=1S/C12H18N2OS/c1-8-4-5-14(7-9(8)2)12-13-6-11(16-12)10(3)15/h6,8-9H,4-5,7H2,1-3H3.